The lowest BCUT2D eigenvalue weighted by molar-refractivity contribution is -0.137. The van der Waals surface area contributed by atoms with E-state index in [2.05, 4.69) is 27.0 Å². The van der Waals surface area contributed by atoms with E-state index in [0.717, 1.165) is 37.1 Å². The molecule has 6 nitrogen and oxygen atoms in total. The van der Waals surface area contributed by atoms with Crippen molar-refractivity contribution in [2.45, 2.75) is 19.4 Å². The van der Waals surface area contributed by atoms with E-state index in [-0.39, 0.29) is 11.8 Å². The topological polar surface area (TPSA) is 71.2 Å². The van der Waals surface area contributed by atoms with Crippen molar-refractivity contribution in [3.63, 3.8) is 0 Å². The van der Waals surface area contributed by atoms with Crippen molar-refractivity contribution in [3.05, 3.63) is 29.7 Å². The van der Waals surface area contributed by atoms with Gasteiger partial charge in [-0.3, -0.25) is 4.79 Å². The highest BCUT2D eigenvalue weighted by Gasteiger charge is 2.34. The zero-order chi connectivity index (χ0) is 16.0. The monoisotopic (exact) mass is 332 g/mol. The molecule has 0 radical (unpaired) electrons. The van der Waals surface area contributed by atoms with E-state index < -0.39 is 5.97 Å². The quantitative estimate of drug-likeness (QED) is 0.691. The van der Waals surface area contributed by atoms with Crippen LogP contribution < -0.4 is 4.90 Å². The van der Waals surface area contributed by atoms with E-state index in [1.807, 2.05) is 6.07 Å². The number of allylic oxidation sites excluding steroid dienone is 2. The van der Waals surface area contributed by atoms with Crippen LogP contribution in [0.1, 0.15) is 12.8 Å². The minimum absolute atomic E-state index is 0.133. The second kappa shape index (κ2) is 5.53. The molecule has 0 unspecified atom stereocenters. The summed E-state index contributed by atoms with van der Waals surface area (Å²) in [5.74, 6) is 1.23. The number of carboxylic acid groups (broad SMARTS) is 1. The molecule has 3 heterocycles. The highest BCUT2D eigenvalue weighted by Crippen LogP contribution is 2.37. The van der Waals surface area contributed by atoms with Crippen molar-refractivity contribution < 1.29 is 9.90 Å². The molecule has 0 spiro atoms. The summed E-state index contributed by atoms with van der Waals surface area (Å²) in [6.45, 7) is 1.79. The fraction of sp³-hybridized carbons (Fsp3) is 0.438. The fourth-order valence-electron chi connectivity index (χ4n) is 3.73. The minimum atomic E-state index is -0.906. The summed E-state index contributed by atoms with van der Waals surface area (Å²) in [5, 5.41) is 10.0. The summed E-state index contributed by atoms with van der Waals surface area (Å²) < 4.78 is 1.60. The Morgan fingerprint density at radius 3 is 2.61 bits per heavy atom. The predicted octanol–water partition coefficient (Wildman–Crippen LogP) is 2.57. The summed E-state index contributed by atoms with van der Waals surface area (Å²) in [6.07, 6.45) is 8.48. The molecular formula is C16H17ClN4O2. The molecule has 2 aliphatic rings. The molecule has 0 aromatic carbocycles. The zero-order valence-electron chi connectivity index (χ0n) is 12.5. The molecule has 2 atom stereocenters. The first-order chi connectivity index (χ1) is 11.1. The van der Waals surface area contributed by atoms with Crippen molar-refractivity contribution in [1.82, 2.24) is 14.5 Å². The third-order valence-electron chi connectivity index (χ3n) is 4.80. The largest absolute Gasteiger partial charge is 0.480 e. The third kappa shape index (κ3) is 2.57. The van der Waals surface area contributed by atoms with Crippen LogP contribution in [0.15, 0.2) is 24.4 Å². The van der Waals surface area contributed by atoms with E-state index in [4.69, 9.17) is 16.7 Å². The molecule has 0 bridgehead atoms. The van der Waals surface area contributed by atoms with E-state index in [0.29, 0.717) is 17.5 Å². The summed E-state index contributed by atoms with van der Waals surface area (Å²) in [7, 11) is 0. The number of fused-ring (bicyclic) bond motifs is 2. The highest BCUT2D eigenvalue weighted by atomic mass is 35.5. The molecule has 4 rings (SSSR count). The van der Waals surface area contributed by atoms with Gasteiger partial charge in [0, 0.05) is 19.3 Å². The lowest BCUT2D eigenvalue weighted by Gasteiger charge is -2.18. The molecule has 0 amide bonds. The molecule has 1 N–H and O–H groups in total. The van der Waals surface area contributed by atoms with Crippen molar-refractivity contribution >= 4 is 34.4 Å². The van der Waals surface area contributed by atoms with Crippen molar-refractivity contribution in [2.75, 3.05) is 18.0 Å². The molecular weight excluding hydrogens is 316 g/mol. The van der Waals surface area contributed by atoms with Gasteiger partial charge < -0.3 is 14.6 Å². The number of aromatic nitrogens is 3. The maximum absolute atomic E-state index is 11.0. The van der Waals surface area contributed by atoms with E-state index in [9.17, 15) is 4.79 Å². The van der Waals surface area contributed by atoms with Gasteiger partial charge in [0.2, 0.25) is 5.28 Å². The molecule has 2 aromatic rings. The van der Waals surface area contributed by atoms with Gasteiger partial charge in [-0.25, -0.2) is 0 Å². The van der Waals surface area contributed by atoms with Crippen LogP contribution in [0.4, 0.5) is 5.82 Å². The first-order valence-electron chi connectivity index (χ1n) is 7.76. The Labute approximate surface area is 138 Å². The van der Waals surface area contributed by atoms with Gasteiger partial charge in [0.25, 0.3) is 0 Å². The normalized spacial score (nSPS) is 23.4. The van der Waals surface area contributed by atoms with Gasteiger partial charge in [-0.1, -0.05) is 12.2 Å². The van der Waals surface area contributed by atoms with Gasteiger partial charge in [0.15, 0.2) is 0 Å². The van der Waals surface area contributed by atoms with Crippen LogP contribution >= 0.6 is 11.6 Å². The van der Waals surface area contributed by atoms with Crippen LogP contribution in [-0.4, -0.2) is 38.7 Å². The first kappa shape index (κ1) is 14.5. The maximum atomic E-state index is 11.0. The Balaban J connectivity index is 1.73. The van der Waals surface area contributed by atoms with Crippen LogP contribution in [0, 0.1) is 11.8 Å². The molecule has 1 aliphatic heterocycles. The molecule has 7 heteroatoms. The first-order valence-corrected chi connectivity index (χ1v) is 8.13. The molecule has 1 saturated heterocycles. The van der Waals surface area contributed by atoms with Crippen LogP contribution in [0.5, 0.6) is 0 Å². The van der Waals surface area contributed by atoms with Gasteiger partial charge in [0.05, 0.1) is 5.39 Å². The summed E-state index contributed by atoms with van der Waals surface area (Å²) in [6, 6.07) is 1.88. The Morgan fingerprint density at radius 1 is 1.26 bits per heavy atom. The fourth-order valence-corrected chi connectivity index (χ4v) is 3.89. The number of carbonyl (C=O) groups is 1. The van der Waals surface area contributed by atoms with E-state index in [1.165, 1.54) is 0 Å². The van der Waals surface area contributed by atoms with Crippen LogP contribution in [-0.2, 0) is 11.3 Å². The summed E-state index contributed by atoms with van der Waals surface area (Å²) in [5.41, 5.74) is 0.579. The van der Waals surface area contributed by atoms with Crippen LogP contribution in [0.2, 0.25) is 5.28 Å². The number of hydrogen-bond acceptors (Lipinski definition) is 4. The average molecular weight is 333 g/mol. The van der Waals surface area contributed by atoms with Gasteiger partial charge in [-0.15, -0.1) is 0 Å². The summed E-state index contributed by atoms with van der Waals surface area (Å²) >= 11 is 6.10. The number of halogens is 1. The molecule has 23 heavy (non-hydrogen) atoms. The number of anilines is 1. The van der Waals surface area contributed by atoms with Crippen molar-refractivity contribution in [1.29, 1.82) is 0 Å². The van der Waals surface area contributed by atoms with Crippen LogP contribution in [0.25, 0.3) is 11.0 Å². The number of rotatable bonds is 3. The van der Waals surface area contributed by atoms with Gasteiger partial charge in [-0.2, -0.15) is 9.97 Å². The average Bonchev–Trinajstić information content (AvgIpc) is 3.10. The van der Waals surface area contributed by atoms with Gasteiger partial charge >= 0.3 is 5.97 Å². The number of nitrogens with zero attached hydrogens (tertiary/aromatic N) is 4. The zero-order valence-corrected chi connectivity index (χ0v) is 13.3. The molecule has 1 aliphatic carbocycles. The molecule has 0 saturated carbocycles. The smallest absolute Gasteiger partial charge is 0.323 e. The van der Waals surface area contributed by atoms with Gasteiger partial charge in [-0.05, 0) is 42.3 Å². The van der Waals surface area contributed by atoms with E-state index >= 15 is 0 Å². The second-order valence-corrected chi connectivity index (χ2v) is 6.60. The third-order valence-corrected chi connectivity index (χ3v) is 4.97. The lowest BCUT2D eigenvalue weighted by atomic mass is 9.86. The van der Waals surface area contributed by atoms with Crippen molar-refractivity contribution in [2.24, 2.45) is 11.8 Å². The highest BCUT2D eigenvalue weighted by molar-refractivity contribution is 6.28. The Morgan fingerprint density at radius 2 is 1.96 bits per heavy atom. The number of carboxylic acids is 1. The Bertz CT molecular complexity index is 785. The maximum Gasteiger partial charge on any atom is 0.323 e. The molecule has 2 aromatic heterocycles. The number of aliphatic carboxylic acids is 1. The van der Waals surface area contributed by atoms with Crippen LogP contribution in [0.3, 0.4) is 0 Å². The lowest BCUT2D eigenvalue weighted by Crippen LogP contribution is -2.21. The SMILES string of the molecule is O=C(O)Cn1ccc2c(N3C[C@H]4CC=CC[C@H]4C3)nc(Cl)nc21. The van der Waals surface area contributed by atoms with E-state index in [1.54, 1.807) is 10.8 Å². The predicted molar refractivity (Wildman–Crippen MR) is 87.7 cm³/mol. The standard InChI is InChI=1S/C16H17ClN4O2/c17-16-18-14-12(5-6-20(14)9-13(22)23)15(19-16)21-7-10-3-1-2-4-11(10)8-21/h1-2,5-6,10-11H,3-4,7-9H2,(H,22,23)/t10-,11+. The second-order valence-electron chi connectivity index (χ2n) is 6.26. The molecule has 120 valence electrons. The minimum Gasteiger partial charge on any atom is -0.480 e. The molecule has 1 fully saturated rings. The Kier molecular flexibility index (Phi) is 3.49. The van der Waals surface area contributed by atoms with Gasteiger partial charge in [0.1, 0.15) is 18.0 Å². The Hall–Kier alpha value is -2.08. The summed E-state index contributed by atoms with van der Waals surface area (Å²) in [4.78, 5) is 21.9. The van der Waals surface area contributed by atoms with Crippen molar-refractivity contribution in [3.8, 4) is 0 Å². The number of hydrogen-bond donors (Lipinski definition) is 1.